The number of carbonyl (C=O) groups is 4. The van der Waals surface area contributed by atoms with Crippen LogP contribution in [0.2, 0.25) is 0 Å². The van der Waals surface area contributed by atoms with E-state index < -0.39 is 17.7 Å². The van der Waals surface area contributed by atoms with Crippen molar-refractivity contribution in [2.24, 2.45) is 5.92 Å². The number of rotatable bonds is 13. The highest BCUT2D eigenvalue weighted by Gasteiger charge is 2.38. The monoisotopic (exact) mass is 633 g/mol. The molecule has 0 spiro atoms. The molecule has 4 rings (SSSR count). The molecule has 14 heteroatoms. The highest BCUT2D eigenvalue weighted by Crippen LogP contribution is 2.32. The van der Waals surface area contributed by atoms with E-state index in [0.29, 0.717) is 30.2 Å². The molecule has 46 heavy (non-hydrogen) atoms. The molecule has 1 aliphatic rings. The summed E-state index contributed by atoms with van der Waals surface area (Å²) in [4.78, 5) is 53.2. The maximum absolute atomic E-state index is 13.5. The number of carbonyl (C=O) groups excluding carboxylic acids is 4. The Labute approximate surface area is 268 Å². The van der Waals surface area contributed by atoms with E-state index in [9.17, 15) is 19.2 Å². The molecule has 14 nitrogen and oxygen atoms in total. The minimum absolute atomic E-state index is 0.0160. The first-order valence-electron chi connectivity index (χ1n) is 15.4. The first kappa shape index (κ1) is 34.0. The van der Waals surface area contributed by atoms with E-state index in [0.717, 1.165) is 17.5 Å². The highest BCUT2D eigenvalue weighted by atomic mass is 16.6. The van der Waals surface area contributed by atoms with E-state index in [2.05, 4.69) is 41.9 Å². The number of aromatic nitrogens is 4. The van der Waals surface area contributed by atoms with Gasteiger partial charge in [0.2, 0.25) is 17.7 Å². The maximum Gasteiger partial charge on any atom is 0.412 e. The SMILES string of the molecule is CC[C@H](C)[C@H](CNCC(=O)N1c2ccccc2C[C@H]1C(=O)NCc1nn[nH]n1)NC(=O)Cc1ccc(NC(=O)OC(C)(C)C)cc1. The zero-order chi connectivity index (χ0) is 33.3. The molecular formula is C32H43N9O5. The number of amides is 4. The molecule has 3 atom stereocenters. The molecule has 0 fully saturated rings. The Morgan fingerprint density at radius 1 is 1.09 bits per heavy atom. The van der Waals surface area contributed by atoms with Gasteiger partial charge in [0.1, 0.15) is 11.6 Å². The Kier molecular flexibility index (Phi) is 11.4. The molecular weight excluding hydrogens is 590 g/mol. The summed E-state index contributed by atoms with van der Waals surface area (Å²) in [7, 11) is 0. The number of ether oxygens (including phenoxy) is 1. The lowest BCUT2D eigenvalue weighted by atomic mass is 9.98. The van der Waals surface area contributed by atoms with Gasteiger partial charge < -0.3 is 20.7 Å². The Balaban J connectivity index is 1.31. The summed E-state index contributed by atoms with van der Waals surface area (Å²) in [6.07, 6.45) is 0.828. The van der Waals surface area contributed by atoms with Crippen LogP contribution in [-0.4, -0.2) is 75.2 Å². The number of hydrogen-bond acceptors (Lipinski definition) is 9. The lowest BCUT2D eigenvalue weighted by Crippen LogP contribution is -2.52. The smallest absolute Gasteiger partial charge is 0.412 e. The highest BCUT2D eigenvalue weighted by molar-refractivity contribution is 6.04. The molecule has 0 unspecified atom stereocenters. The predicted octanol–water partition coefficient (Wildman–Crippen LogP) is 2.48. The van der Waals surface area contributed by atoms with Crippen LogP contribution < -0.4 is 26.2 Å². The standard InChI is InChI=1S/C32H43N9O5/c1-6-20(2)24(36-28(42)15-21-11-13-23(14-12-21)35-31(45)46-32(3,4)5)17-33-19-29(43)41-25-10-8-7-9-22(25)16-26(41)30(44)34-18-27-37-39-40-38-27/h7-14,20,24,26,33H,6,15-19H2,1-5H3,(H,34,44)(H,35,45)(H,36,42)(H,37,38,39,40)/t20-,24-,26-/m0/s1. The second kappa shape index (κ2) is 15.4. The average Bonchev–Trinajstić information content (AvgIpc) is 3.67. The molecule has 0 bridgehead atoms. The second-order valence-electron chi connectivity index (χ2n) is 12.3. The first-order chi connectivity index (χ1) is 21.9. The van der Waals surface area contributed by atoms with Crippen LogP contribution in [0.25, 0.3) is 0 Å². The maximum atomic E-state index is 13.5. The lowest BCUT2D eigenvalue weighted by Gasteiger charge is -2.27. The van der Waals surface area contributed by atoms with Crippen LogP contribution in [0.3, 0.4) is 0 Å². The summed E-state index contributed by atoms with van der Waals surface area (Å²) in [5, 5.41) is 25.3. The van der Waals surface area contributed by atoms with Gasteiger partial charge in [-0.05, 0) is 56.0 Å². The van der Waals surface area contributed by atoms with Crippen molar-refractivity contribution in [2.45, 2.75) is 78.1 Å². The molecule has 2 aromatic carbocycles. The quantitative estimate of drug-likeness (QED) is 0.189. The number of nitrogens with one attached hydrogen (secondary N) is 5. The van der Waals surface area contributed by atoms with Crippen LogP contribution >= 0.6 is 0 Å². The van der Waals surface area contributed by atoms with Crippen molar-refractivity contribution < 1.29 is 23.9 Å². The van der Waals surface area contributed by atoms with Gasteiger partial charge in [-0.15, -0.1) is 10.2 Å². The molecule has 1 aliphatic heterocycles. The van der Waals surface area contributed by atoms with Crippen molar-refractivity contribution in [3.8, 4) is 0 Å². The van der Waals surface area contributed by atoms with Gasteiger partial charge >= 0.3 is 6.09 Å². The molecule has 0 saturated heterocycles. The van der Waals surface area contributed by atoms with E-state index in [-0.39, 0.29) is 49.2 Å². The topological polar surface area (TPSA) is 183 Å². The van der Waals surface area contributed by atoms with Crippen molar-refractivity contribution in [1.82, 2.24) is 36.6 Å². The van der Waals surface area contributed by atoms with Gasteiger partial charge in [-0.25, -0.2) is 4.79 Å². The summed E-state index contributed by atoms with van der Waals surface area (Å²) in [6, 6.07) is 13.5. The molecule has 1 aromatic heterocycles. The van der Waals surface area contributed by atoms with Gasteiger partial charge in [-0.1, -0.05) is 55.8 Å². The number of anilines is 2. The number of fused-ring (bicyclic) bond motifs is 1. The number of para-hydroxylation sites is 1. The number of aromatic amines is 1. The molecule has 2 heterocycles. The minimum atomic E-state index is -0.714. The number of H-pyrrole nitrogens is 1. The van der Waals surface area contributed by atoms with Crippen LogP contribution in [0.4, 0.5) is 16.2 Å². The summed E-state index contributed by atoms with van der Waals surface area (Å²) in [6.45, 7) is 9.91. The van der Waals surface area contributed by atoms with Crippen molar-refractivity contribution >= 4 is 35.2 Å². The van der Waals surface area contributed by atoms with Gasteiger partial charge in [0, 0.05) is 30.4 Å². The van der Waals surface area contributed by atoms with E-state index in [1.807, 2.05) is 38.1 Å². The molecule has 246 valence electrons. The Bertz CT molecular complexity index is 1490. The van der Waals surface area contributed by atoms with Gasteiger partial charge in [0.25, 0.3) is 0 Å². The zero-order valence-electron chi connectivity index (χ0n) is 26.9. The van der Waals surface area contributed by atoms with Crippen molar-refractivity contribution in [3.05, 3.63) is 65.5 Å². The van der Waals surface area contributed by atoms with Gasteiger partial charge in [-0.2, -0.15) is 5.21 Å². The lowest BCUT2D eigenvalue weighted by molar-refractivity contribution is -0.126. The third-order valence-corrected chi connectivity index (χ3v) is 7.64. The van der Waals surface area contributed by atoms with E-state index in [1.165, 1.54) is 4.90 Å². The Morgan fingerprint density at radius 3 is 2.50 bits per heavy atom. The fourth-order valence-corrected chi connectivity index (χ4v) is 5.11. The first-order valence-corrected chi connectivity index (χ1v) is 15.4. The number of tetrazole rings is 1. The molecule has 4 amide bonds. The van der Waals surface area contributed by atoms with Gasteiger partial charge in [0.05, 0.1) is 19.5 Å². The second-order valence-corrected chi connectivity index (χ2v) is 12.3. The Hall–Kier alpha value is -4.85. The summed E-state index contributed by atoms with van der Waals surface area (Å²) in [5.74, 6) is -0.235. The molecule has 0 aliphatic carbocycles. The average molecular weight is 634 g/mol. The summed E-state index contributed by atoms with van der Waals surface area (Å²) < 4.78 is 5.27. The molecule has 5 N–H and O–H groups in total. The van der Waals surface area contributed by atoms with Crippen LogP contribution in [0.5, 0.6) is 0 Å². The molecule has 0 saturated carbocycles. The molecule has 3 aromatic rings. The minimum Gasteiger partial charge on any atom is -0.444 e. The van der Waals surface area contributed by atoms with Crippen molar-refractivity contribution in [3.63, 3.8) is 0 Å². The fourth-order valence-electron chi connectivity index (χ4n) is 5.11. The molecule has 0 radical (unpaired) electrons. The summed E-state index contributed by atoms with van der Waals surface area (Å²) in [5.41, 5.74) is 2.36. The summed E-state index contributed by atoms with van der Waals surface area (Å²) >= 11 is 0. The van der Waals surface area contributed by atoms with Crippen LogP contribution in [0, 0.1) is 5.92 Å². The fraction of sp³-hybridized carbons (Fsp3) is 0.469. The van der Waals surface area contributed by atoms with Crippen LogP contribution in [-0.2, 0) is 38.5 Å². The Morgan fingerprint density at radius 2 is 1.83 bits per heavy atom. The van der Waals surface area contributed by atoms with Crippen LogP contribution in [0.15, 0.2) is 48.5 Å². The van der Waals surface area contributed by atoms with Gasteiger partial charge in [0.15, 0.2) is 5.82 Å². The number of hydrogen-bond donors (Lipinski definition) is 5. The van der Waals surface area contributed by atoms with E-state index >= 15 is 0 Å². The normalized spacial score (nSPS) is 15.4. The van der Waals surface area contributed by atoms with E-state index in [4.69, 9.17) is 4.74 Å². The van der Waals surface area contributed by atoms with Crippen LogP contribution in [0.1, 0.15) is 58.0 Å². The largest absolute Gasteiger partial charge is 0.444 e. The zero-order valence-corrected chi connectivity index (χ0v) is 26.9. The third kappa shape index (κ3) is 9.57. The van der Waals surface area contributed by atoms with Gasteiger partial charge in [-0.3, -0.25) is 24.6 Å². The van der Waals surface area contributed by atoms with Crippen molar-refractivity contribution in [1.29, 1.82) is 0 Å². The third-order valence-electron chi connectivity index (χ3n) is 7.64. The predicted molar refractivity (Wildman–Crippen MR) is 172 cm³/mol. The van der Waals surface area contributed by atoms with E-state index in [1.54, 1.807) is 45.0 Å². The number of benzene rings is 2. The number of nitrogens with zero attached hydrogens (tertiary/aromatic N) is 4. The van der Waals surface area contributed by atoms with Crippen molar-refractivity contribution in [2.75, 3.05) is 23.3 Å².